The molecule has 0 saturated carbocycles. The van der Waals surface area contributed by atoms with E-state index in [1.165, 1.54) is 11.8 Å². The first-order chi connectivity index (χ1) is 6.32. The summed E-state index contributed by atoms with van der Waals surface area (Å²) in [6, 6.07) is -0.298. The zero-order valence-corrected chi connectivity index (χ0v) is 8.27. The molecule has 0 radical (unpaired) electrons. The summed E-state index contributed by atoms with van der Waals surface area (Å²) in [5, 5.41) is 0. The molecule has 14 heavy (non-hydrogen) atoms. The fourth-order valence-corrected chi connectivity index (χ4v) is 1.94. The summed E-state index contributed by atoms with van der Waals surface area (Å²) < 4.78 is 37.0. The SMILES string of the molecule is CC(=O)N1CCC(C(F)(F)F)CC1C. The average Bonchev–Trinajstić information content (AvgIpc) is 2.01. The second-order valence-electron chi connectivity index (χ2n) is 3.82. The lowest BCUT2D eigenvalue weighted by molar-refractivity contribution is -0.190. The minimum atomic E-state index is -4.11. The lowest BCUT2D eigenvalue weighted by atomic mass is 9.91. The van der Waals surface area contributed by atoms with Crippen LogP contribution >= 0.6 is 0 Å². The summed E-state index contributed by atoms with van der Waals surface area (Å²) in [6.07, 6.45) is -4.05. The Bertz CT molecular complexity index is 227. The zero-order chi connectivity index (χ0) is 10.9. The Balaban J connectivity index is 2.60. The molecule has 2 unspecified atom stereocenters. The molecular weight excluding hydrogens is 195 g/mol. The highest BCUT2D eigenvalue weighted by atomic mass is 19.4. The molecule has 1 fully saturated rings. The molecule has 2 atom stereocenters. The number of rotatable bonds is 0. The predicted octanol–water partition coefficient (Wildman–Crippen LogP) is 2.20. The van der Waals surface area contributed by atoms with Gasteiger partial charge in [-0.15, -0.1) is 0 Å². The van der Waals surface area contributed by atoms with Crippen molar-refractivity contribution in [3.8, 4) is 0 Å². The van der Waals surface area contributed by atoms with Crippen LogP contribution in [0, 0.1) is 5.92 Å². The van der Waals surface area contributed by atoms with Gasteiger partial charge in [0, 0.05) is 19.5 Å². The first-order valence-corrected chi connectivity index (χ1v) is 4.66. The van der Waals surface area contributed by atoms with Crippen molar-refractivity contribution < 1.29 is 18.0 Å². The van der Waals surface area contributed by atoms with Crippen LogP contribution in [0.2, 0.25) is 0 Å². The van der Waals surface area contributed by atoms with Crippen molar-refractivity contribution >= 4 is 5.91 Å². The first kappa shape index (κ1) is 11.3. The molecule has 1 amide bonds. The summed E-state index contributed by atoms with van der Waals surface area (Å²) in [7, 11) is 0. The molecule has 1 aliphatic rings. The van der Waals surface area contributed by atoms with Gasteiger partial charge in [-0.1, -0.05) is 0 Å². The molecule has 1 saturated heterocycles. The van der Waals surface area contributed by atoms with E-state index in [1.807, 2.05) is 0 Å². The van der Waals surface area contributed by atoms with Crippen LogP contribution in [0.25, 0.3) is 0 Å². The number of hydrogen-bond donors (Lipinski definition) is 0. The summed E-state index contributed by atoms with van der Waals surface area (Å²) in [5.41, 5.74) is 0. The molecule has 1 rings (SSSR count). The Morgan fingerprint density at radius 1 is 1.43 bits per heavy atom. The number of halogens is 3. The molecule has 0 bridgehead atoms. The monoisotopic (exact) mass is 209 g/mol. The van der Waals surface area contributed by atoms with Crippen LogP contribution in [0.15, 0.2) is 0 Å². The average molecular weight is 209 g/mol. The van der Waals surface area contributed by atoms with Crippen LogP contribution in [0.1, 0.15) is 26.7 Å². The number of piperidine rings is 1. The third-order valence-electron chi connectivity index (χ3n) is 2.74. The standard InChI is InChI=1S/C9H14F3NO/c1-6-5-8(9(10,11)12)3-4-13(6)7(2)14/h6,8H,3-5H2,1-2H3. The van der Waals surface area contributed by atoms with Gasteiger partial charge in [-0.2, -0.15) is 13.2 Å². The van der Waals surface area contributed by atoms with E-state index in [9.17, 15) is 18.0 Å². The molecule has 0 spiro atoms. The second-order valence-corrected chi connectivity index (χ2v) is 3.82. The van der Waals surface area contributed by atoms with Gasteiger partial charge in [0.1, 0.15) is 0 Å². The maximum atomic E-state index is 12.3. The van der Waals surface area contributed by atoms with E-state index in [0.29, 0.717) is 0 Å². The fourth-order valence-electron chi connectivity index (χ4n) is 1.94. The zero-order valence-electron chi connectivity index (χ0n) is 8.27. The van der Waals surface area contributed by atoms with E-state index in [4.69, 9.17) is 0 Å². The topological polar surface area (TPSA) is 20.3 Å². The van der Waals surface area contributed by atoms with Crippen molar-refractivity contribution in [3.63, 3.8) is 0 Å². The molecule has 2 nitrogen and oxygen atoms in total. The molecule has 0 N–H and O–H groups in total. The molecule has 0 aromatic carbocycles. The second kappa shape index (κ2) is 3.79. The number of alkyl halides is 3. The van der Waals surface area contributed by atoms with E-state index in [1.54, 1.807) is 6.92 Å². The van der Waals surface area contributed by atoms with Gasteiger partial charge >= 0.3 is 6.18 Å². The van der Waals surface area contributed by atoms with Gasteiger partial charge < -0.3 is 4.90 Å². The van der Waals surface area contributed by atoms with Gasteiger partial charge in [-0.25, -0.2) is 0 Å². The van der Waals surface area contributed by atoms with Gasteiger partial charge in [0.25, 0.3) is 0 Å². The number of likely N-dealkylation sites (tertiary alicyclic amines) is 1. The number of carbonyl (C=O) groups is 1. The minimum Gasteiger partial charge on any atom is -0.340 e. The molecule has 0 aliphatic carbocycles. The van der Waals surface area contributed by atoms with Crippen LogP contribution in [0.3, 0.4) is 0 Å². The first-order valence-electron chi connectivity index (χ1n) is 4.66. The van der Waals surface area contributed by atoms with Gasteiger partial charge in [0.2, 0.25) is 5.91 Å². The fraction of sp³-hybridized carbons (Fsp3) is 0.889. The van der Waals surface area contributed by atoms with Crippen molar-refractivity contribution in [1.29, 1.82) is 0 Å². The van der Waals surface area contributed by atoms with Crippen LogP contribution in [-0.2, 0) is 4.79 Å². The number of amides is 1. The van der Waals surface area contributed by atoms with E-state index in [2.05, 4.69) is 0 Å². The normalized spacial score (nSPS) is 29.1. The Hall–Kier alpha value is -0.740. The smallest absolute Gasteiger partial charge is 0.340 e. The van der Waals surface area contributed by atoms with Gasteiger partial charge in [-0.3, -0.25) is 4.79 Å². The van der Waals surface area contributed by atoms with Crippen LogP contribution in [-0.4, -0.2) is 29.6 Å². The molecular formula is C9H14F3NO. The molecule has 1 aliphatic heterocycles. The van der Waals surface area contributed by atoms with Crippen LogP contribution < -0.4 is 0 Å². The maximum absolute atomic E-state index is 12.3. The van der Waals surface area contributed by atoms with E-state index in [-0.39, 0.29) is 31.3 Å². The van der Waals surface area contributed by atoms with Gasteiger partial charge in [0.15, 0.2) is 0 Å². The minimum absolute atomic E-state index is 0.0308. The van der Waals surface area contributed by atoms with Gasteiger partial charge in [-0.05, 0) is 19.8 Å². The summed E-state index contributed by atoms with van der Waals surface area (Å²) in [6.45, 7) is 3.28. The largest absolute Gasteiger partial charge is 0.391 e. The lowest BCUT2D eigenvalue weighted by Gasteiger charge is -2.37. The summed E-state index contributed by atoms with van der Waals surface area (Å²) >= 11 is 0. The van der Waals surface area contributed by atoms with E-state index < -0.39 is 12.1 Å². The number of carbonyl (C=O) groups excluding carboxylic acids is 1. The van der Waals surface area contributed by atoms with Crippen molar-refractivity contribution in [2.75, 3.05) is 6.54 Å². The maximum Gasteiger partial charge on any atom is 0.391 e. The predicted molar refractivity (Wildman–Crippen MR) is 45.6 cm³/mol. The Morgan fingerprint density at radius 2 is 2.00 bits per heavy atom. The van der Waals surface area contributed by atoms with E-state index >= 15 is 0 Å². The molecule has 82 valence electrons. The highest BCUT2D eigenvalue weighted by Crippen LogP contribution is 2.36. The Labute approximate surface area is 81.1 Å². The van der Waals surface area contributed by atoms with Crippen LogP contribution in [0.4, 0.5) is 13.2 Å². The van der Waals surface area contributed by atoms with Crippen molar-refractivity contribution in [3.05, 3.63) is 0 Å². The van der Waals surface area contributed by atoms with Crippen LogP contribution in [0.5, 0.6) is 0 Å². The molecule has 1 heterocycles. The summed E-state index contributed by atoms with van der Waals surface area (Å²) in [5.74, 6) is -1.38. The Morgan fingerprint density at radius 3 is 2.36 bits per heavy atom. The summed E-state index contributed by atoms with van der Waals surface area (Å²) in [4.78, 5) is 12.5. The quantitative estimate of drug-likeness (QED) is 0.599. The lowest BCUT2D eigenvalue weighted by Crippen LogP contribution is -2.46. The van der Waals surface area contributed by atoms with Crippen molar-refractivity contribution in [2.45, 2.75) is 38.9 Å². The van der Waals surface area contributed by atoms with Gasteiger partial charge in [0.05, 0.1) is 5.92 Å². The highest BCUT2D eigenvalue weighted by molar-refractivity contribution is 5.73. The van der Waals surface area contributed by atoms with Crippen molar-refractivity contribution in [2.24, 2.45) is 5.92 Å². The number of hydrogen-bond acceptors (Lipinski definition) is 1. The van der Waals surface area contributed by atoms with E-state index in [0.717, 1.165) is 0 Å². The Kier molecular flexibility index (Phi) is 3.07. The molecule has 0 aromatic heterocycles. The number of nitrogens with zero attached hydrogens (tertiary/aromatic N) is 1. The van der Waals surface area contributed by atoms with Crippen molar-refractivity contribution in [1.82, 2.24) is 4.90 Å². The highest BCUT2D eigenvalue weighted by Gasteiger charge is 2.43. The third-order valence-corrected chi connectivity index (χ3v) is 2.74. The molecule has 5 heteroatoms. The molecule has 0 aromatic rings. The third kappa shape index (κ3) is 2.39.